The van der Waals surface area contributed by atoms with Crippen molar-refractivity contribution in [1.82, 2.24) is 9.97 Å². The number of hydrogen-bond acceptors (Lipinski definition) is 6. The molecule has 0 amide bonds. The third-order valence-electron chi connectivity index (χ3n) is 5.00. The van der Waals surface area contributed by atoms with Crippen LogP contribution in [0.3, 0.4) is 0 Å². The van der Waals surface area contributed by atoms with E-state index in [9.17, 15) is 4.79 Å². The Balaban J connectivity index is 1.70. The molecule has 0 aliphatic carbocycles. The van der Waals surface area contributed by atoms with Crippen molar-refractivity contribution in [2.24, 2.45) is 0 Å². The van der Waals surface area contributed by atoms with Crippen LogP contribution in [0.15, 0.2) is 48.7 Å². The Bertz CT molecular complexity index is 1240. The molecule has 0 unspecified atom stereocenters. The second kappa shape index (κ2) is 9.28. The fraction of sp³-hybridized carbons (Fsp3) is 0.280. The molecule has 0 aliphatic heterocycles. The number of nitrogens with one attached hydrogen (secondary N) is 1. The molecular weight excluding hydrogens is 408 g/mol. The highest BCUT2D eigenvalue weighted by molar-refractivity contribution is 6.09. The smallest absolute Gasteiger partial charge is 0.489 e. The summed E-state index contributed by atoms with van der Waals surface area (Å²) in [6.07, 6.45) is 0.545. The molecular formula is C25H26N2O5. The van der Waals surface area contributed by atoms with E-state index < -0.39 is 6.16 Å². The van der Waals surface area contributed by atoms with Crippen molar-refractivity contribution in [3.8, 4) is 11.6 Å². The summed E-state index contributed by atoms with van der Waals surface area (Å²) < 4.78 is 21.9. The Kier molecular flexibility index (Phi) is 6.28. The van der Waals surface area contributed by atoms with E-state index in [1.807, 2.05) is 18.2 Å². The highest BCUT2D eigenvalue weighted by Crippen LogP contribution is 2.35. The SMILES string of the molecule is COCc1c(OC(=O)OC(C)C)ncc2[nH]c3ccc(OCc4ccc(C)cc4)cc3c12. The monoisotopic (exact) mass is 434 g/mol. The normalized spacial score (nSPS) is 11.3. The van der Waals surface area contributed by atoms with Gasteiger partial charge in [0.15, 0.2) is 0 Å². The lowest BCUT2D eigenvalue weighted by Crippen LogP contribution is -2.17. The molecule has 0 radical (unpaired) electrons. The number of aromatic amines is 1. The van der Waals surface area contributed by atoms with Crippen LogP contribution in [0.25, 0.3) is 21.8 Å². The van der Waals surface area contributed by atoms with Crippen molar-refractivity contribution in [2.75, 3.05) is 7.11 Å². The molecule has 0 spiro atoms. The number of carbonyl (C=O) groups excluding carboxylic acids is 1. The number of aromatic nitrogens is 2. The summed E-state index contributed by atoms with van der Waals surface area (Å²) in [5.74, 6) is 0.901. The number of nitrogens with zero attached hydrogens (tertiary/aromatic N) is 1. The third kappa shape index (κ3) is 4.68. The van der Waals surface area contributed by atoms with Gasteiger partial charge in [0.25, 0.3) is 0 Å². The van der Waals surface area contributed by atoms with Gasteiger partial charge in [0, 0.05) is 23.4 Å². The number of H-pyrrole nitrogens is 1. The largest absolute Gasteiger partial charge is 0.515 e. The minimum absolute atomic E-state index is 0.164. The molecule has 0 bridgehead atoms. The van der Waals surface area contributed by atoms with E-state index >= 15 is 0 Å². The quantitative estimate of drug-likeness (QED) is 0.377. The van der Waals surface area contributed by atoms with E-state index in [0.717, 1.165) is 33.1 Å². The van der Waals surface area contributed by atoms with Crippen molar-refractivity contribution in [1.29, 1.82) is 0 Å². The predicted octanol–water partition coefficient (Wildman–Crippen LogP) is 5.67. The van der Waals surface area contributed by atoms with Gasteiger partial charge < -0.3 is 23.9 Å². The van der Waals surface area contributed by atoms with Crippen LogP contribution in [0.4, 0.5) is 4.79 Å². The summed E-state index contributed by atoms with van der Waals surface area (Å²) in [4.78, 5) is 19.7. The van der Waals surface area contributed by atoms with E-state index in [4.69, 9.17) is 18.9 Å². The number of methoxy groups -OCH3 is 1. The van der Waals surface area contributed by atoms with Crippen molar-refractivity contribution in [3.63, 3.8) is 0 Å². The van der Waals surface area contributed by atoms with E-state index in [1.165, 1.54) is 5.56 Å². The number of carbonyl (C=O) groups is 1. The van der Waals surface area contributed by atoms with Crippen LogP contribution in [-0.4, -0.2) is 29.3 Å². The fourth-order valence-electron chi connectivity index (χ4n) is 3.52. The molecule has 0 saturated heterocycles. The minimum atomic E-state index is -0.800. The Morgan fingerprint density at radius 2 is 1.84 bits per heavy atom. The molecule has 32 heavy (non-hydrogen) atoms. The molecule has 1 N–H and O–H groups in total. The number of fused-ring (bicyclic) bond motifs is 3. The highest BCUT2D eigenvalue weighted by Gasteiger charge is 2.19. The third-order valence-corrected chi connectivity index (χ3v) is 5.00. The average Bonchev–Trinajstić information content (AvgIpc) is 3.12. The molecule has 4 aromatic rings. The van der Waals surface area contributed by atoms with Gasteiger partial charge in [0.2, 0.25) is 5.88 Å². The number of rotatable bonds is 7. The maximum absolute atomic E-state index is 12.1. The summed E-state index contributed by atoms with van der Waals surface area (Å²) in [5, 5.41) is 1.79. The molecule has 7 heteroatoms. The second-order valence-corrected chi connectivity index (χ2v) is 7.89. The maximum atomic E-state index is 12.1. The lowest BCUT2D eigenvalue weighted by molar-refractivity contribution is 0.0705. The Morgan fingerprint density at radius 1 is 1.06 bits per heavy atom. The Hall–Kier alpha value is -3.58. The van der Waals surface area contributed by atoms with Gasteiger partial charge in [-0.3, -0.25) is 0 Å². The average molecular weight is 434 g/mol. The molecule has 166 valence electrons. The lowest BCUT2D eigenvalue weighted by atomic mass is 10.1. The first-order valence-corrected chi connectivity index (χ1v) is 10.4. The zero-order valence-electron chi connectivity index (χ0n) is 18.6. The minimum Gasteiger partial charge on any atom is -0.489 e. The highest BCUT2D eigenvalue weighted by atomic mass is 16.7. The van der Waals surface area contributed by atoms with Crippen LogP contribution in [0.1, 0.15) is 30.5 Å². The van der Waals surface area contributed by atoms with E-state index in [0.29, 0.717) is 12.2 Å². The van der Waals surface area contributed by atoms with Gasteiger partial charge in [-0.25, -0.2) is 9.78 Å². The molecule has 7 nitrogen and oxygen atoms in total. The van der Waals surface area contributed by atoms with Gasteiger partial charge in [0.1, 0.15) is 12.4 Å². The van der Waals surface area contributed by atoms with Crippen LogP contribution in [0.2, 0.25) is 0 Å². The molecule has 0 saturated carbocycles. The van der Waals surface area contributed by atoms with Crippen molar-refractivity contribution >= 4 is 28.0 Å². The van der Waals surface area contributed by atoms with Crippen molar-refractivity contribution < 1.29 is 23.7 Å². The topological polar surface area (TPSA) is 82.7 Å². The predicted molar refractivity (Wildman–Crippen MR) is 122 cm³/mol. The summed E-state index contributed by atoms with van der Waals surface area (Å²) in [7, 11) is 1.58. The van der Waals surface area contributed by atoms with Crippen LogP contribution in [-0.2, 0) is 22.7 Å². The van der Waals surface area contributed by atoms with Crippen molar-refractivity contribution in [3.05, 3.63) is 65.4 Å². The number of hydrogen-bond donors (Lipinski definition) is 1. The first kappa shape index (κ1) is 21.6. The van der Waals surface area contributed by atoms with Crippen molar-refractivity contribution in [2.45, 2.75) is 40.1 Å². The van der Waals surface area contributed by atoms with Gasteiger partial charge >= 0.3 is 6.16 Å². The number of ether oxygens (including phenoxy) is 4. The van der Waals surface area contributed by atoms with Gasteiger partial charge in [-0.2, -0.15) is 0 Å². The Labute approximate surface area is 186 Å². The van der Waals surface area contributed by atoms with Gasteiger partial charge in [-0.05, 0) is 44.5 Å². The Morgan fingerprint density at radius 3 is 2.56 bits per heavy atom. The molecule has 0 aliphatic rings. The maximum Gasteiger partial charge on any atom is 0.515 e. The summed E-state index contributed by atoms with van der Waals surface area (Å²) in [6.45, 7) is 6.26. The standard InChI is InChI=1S/C25H26N2O5/c1-15(2)31-25(28)32-24-20(14-29-4)23-19-11-18(9-10-21(19)27-22(23)12-26-24)30-13-17-7-5-16(3)6-8-17/h5-12,15,27H,13-14H2,1-4H3. The zero-order chi connectivity index (χ0) is 22.7. The van der Waals surface area contributed by atoms with Crippen LogP contribution in [0.5, 0.6) is 11.6 Å². The van der Waals surface area contributed by atoms with Gasteiger partial charge in [-0.15, -0.1) is 0 Å². The number of benzene rings is 2. The zero-order valence-corrected chi connectivity index (χ0v) is 18.6. The second-order valence-electron chi connectivity index (χ2n) is 7.89. The van der Waals surface area contributed by atoms with Gasteiger partial charge in [-0.1, -0.05) is 29.8 Å². The van der Waals surface area contributed by atoms with E-state index in [2.05, 4.69) is 41.2 Å². The summed E-state index contributed by atoms with van der Waals surface area (Å²) in [6, 6.07) is 14.1. The molecule has 2 heterocycles. The molecule has 0 atom stereocenters. The first-order valence-electron chi connectivity index (χ1n) is 10.4. The van der Waals surface area contributed by atoms with E-state index in [1.54, 1.807) is 27.2 Å². The molecule has 2 aromatic carbocycles. The van der Waals surface area contributed by atoms with Crippen LogP contribution in [0, 0.1) is 6.92 Å². The van der Waals surface area contributed by atoms with Gasteiger partial charge in [0.05, 0.1) is 30.0 Å². The molecule has 0 fully saturated rings. The number of aryl methyl sites for hydroxylation is 1. The van der Waals surface area contributed by atoms with E-state index in [-0.39, 0.29) is 18.6 Å². The lowest BCUT2D eigenvalue weighted by Gasteiger charge is -2.12. The first-order chi connectivity index (χ1) is 15.4. The molecule has 2 aromatic heterocycles. The van der Waals surface area contributed by atoms with Crippen LogP contribution >= 0.6 is 0 Å². The number of pyridine rings is 1. The molecule has 4 rings (SSSR count). The summed E-state index contributed by atoms with van der Waals surface area (Å²) >= 11 is 0. The summed E-state index contributed by atoms with van der Waals surface area (Å²) in [5.41, 5.74) is 4.70. The fourth-order valence-corrected chi connectivity index (χ4v) is 3.52. The van der Waals surface area contributed by atoms with Crippen LogP contribution < -0.4 is 9.47 Å².